The minimum Gasteiger partial charge on any atom is -0.251 e. The van der Waals surface area contributed by atoms with Gasteiger partial charge in [0.15, 0.2) is 0 Å². The first-order chi connectivity index (χ1) is 11.1. The van der Waals surface area contributed by atoms with Crippen LogP contribution in [0.3, 0.4) is 0 Å². The van der Waals surface area contributed by atoms with Crippen molar-refractivity contribution in [3.05, 3.63) is 48.6 Å². The molecule has 0 heterocycles. The molecule has 0 bridgehead atoms. The normalized spacial score (nSPS) is 8.00. The van der Waals surface area contributed by atoms with Crippen molar-refractivity contribution >= 4 is 23.9 Å². The van der Waals surface area contributed by atoms with E-state index in [-0.39, 0.29) is 50.3 Å². The first-order valence-electron chi connectivity index (χ1n) is 6.71. The molecule has 0 aliphatic rings. The fourth-order valence-corrected chi connectivity index (χ4v) is 0.441. The maximum Gasteiger partial charge on any atom is 0.102 e. The van der Waals surface area contributed by atoms with Gasteiger partial charge in [-0.15, -0.1) is 0 Å². The van der Waals surface area contributed by atoms with E-state index in [0.29, 0.717) is 0 Å². The molecule has 0 atom stereocenters. The fraction of sp³-hybridized carbons (Fsp3) is 0.500. The average Bonchev–Trinajstić information content (AvgIpc) is 2.39. The first-order valence-corrected chi connectivity index (χ1v) is 6.71. The molecule has 4 N–H and O–H groups in total. The SMILES string of the molecule is C=C(C)COO.C=C(C)COO.C=C(C)COO.C=C(C)COO.[Sn]. The minimum absolute atomic E-state index is 0. The molecule has 0 fully saturated rings. The van der Waals surface area contributed by atoms with Gasteiger partial charge in [0, 0.05) is 23.9 Å². The quantitative estimate of drug-likeness (QED) is 0.183. The van der Waals surface area contributed by atoms with Crippen molar-refractivity contribution in [2.45, 2.75) is 27.7 Å². The summed E-state index contributed by atoms with van der Waals surface area (Å²) in [5, 5.41) is 30.7. The molecule has 0 rings (SSSR count). The molecule has 9 heteroatoms. The molecule has 8 nitrogen and oxygen atoms in total. The summed E-state index contributed by atoms with van der Waals surface area (Å²) in [6, 6.07) is 0. The molecule has 0 aliphatic heterocycles. The molecular formula is C16H32O8Sn. The standard InChI is InChI=1S/4C4H8O2.Sn/c4*1-4(2)3-6-5;/h4*5H,1,3H2,2H3;. The largest absolute Gasteiger partial charge is 0.251 e. The summed E-state index contributed by atoms with van der Waals surface area (Å²) in [4.78, 5) is 14.8. The Morgan fingerprint density at radius 3 is 0.640 bits per heavy atom. The van der Waals surface area contributed by atoms with E-state index in [0.717, 1.165) is 22.3 Å². The molecule has 0 unspecified atom stereocenters. The van der Waals surface area contributed by atoms with Gasteiger partial charge in [-0.05, 0) is 27.7 Å². The summed E-state index contributed by atoms with van der Waals surface area (Å²) in [5.41, 5.74) is 3.27. The summed E-state index contributed by atoms with van der Waals surface area (Å²) >= 11 is 0. The van der Waals surface area contributed by atoms with Crippen molar-refractivity contribution in [2.24, 2.45) is 0 Å². The molecule has 25 heavy (non-hydrogen) atoms. The van der Waals surface area contributed by atoms with Crippen LogP contribution in [0.1, 0.15) is 27.7 Å². The maximum absolute atomic E-state index is 7.68. The van der Waals surface area contributed by atoms with Gasteiger partial charge in [0.2, 0.25) is 0 Å². The van der Waals surface area contributed by atoms with E-state index in [1.165, 1.54) is 0 Å². The summed E-state index contributed by atoms with van der Waals surface area (Å²) < 4.78 is 0. The van der Waals surface area contributed by atoms with Crippen LogP contribution in [0.15, 0.2) is 48.6 Å². The van der Waals surface area contributed by atoms with E-state index in [2.05, 4.69) is 45.9 Å². The minimum atomic E-state index is 0. The van der Waals surface area contributed by atoms with Crippen molar-refractivity contribution in [2.75, 3.05) is 26.4 Å². The van der Waals surface area contributed by atoms with E-state index in [9.17, 15) is 0 Å². The third kappa shape index (κ3) is 82.3. The third-order valence-electron chi connectivity index (χ3n) is 1.24. The molecule has 0 aromatic carbocycles. The Morgan fingerprint density at radius 2 is 0.640 bits per heavy atom. The van der Waals surface area contributed by atoms with Gasteiger partial charge in [-0.1, -0.05) is 48.6 Å². The van der Waals surface area contributed by atoms with Crippen molar-refractivity contribution in [3.63, 3.8) is 0 Å². The van der Waals surface area contributed by atoms with E-state index < -0.39 is 0 Å². The third-order valence-corrected chi connectivity index (χ3v) is 1.24. The van der Waals surface area contributed by atoms with Crippen LogP contribution in [0.25, 0.3) is 0 Å². The summed E-state index contributed by atoms with van der Waals surface area (Å²) in [5.74, 6) is 0. The molecule has 0 aromatic heterocycles. The molecule has 0 spiro atoms. The van der Waals surface area contributed by atoms with Crippen LogP contribution in [-0.4, -0.2) is 71.4 Å². The van der Waals surface area contributed by atoms with Crippen molar-refractivity contribution in [3.8, 4) is 0 Å². The number of rotatable bonds is 8. The summed E-state index contributed by atoms with van der Waals surface area (Å²) in [6.45, 7) is 21.9. The van der Waals surface area contributed by atoms with Gasteiger partial charge in [-0.2, -0.15) is 0 Å². The smallest absolute Gasteiger partial charge is 0.102 e. The predicted molar refractivity (Wildman–Crippen MR) is 99.3 cm³/mol. The van der Waals surface area contributed by atoms with Gasteiger partial charge in [0.25, 0.3) is 0 Å². The van der Waals surface area contributed by atoms with Crippen LogP contribution < -0.4 is 0 Å². The average molecular weight is 471 g/mol. The van der Waals surface area contributed by atoms with Crippen LogP contribution in [0.5, 0.6) is 0 Å². The van der Waals surface area contributed by atoms with E-state index in [4.69, 9.17) is 21.0 Å². The van der Waals surface area contributed by atoms with Gasteiger partial charge >= 0.3 is 0 Å². The van der Waals surface area contributed by atoms with Crippen LogP contribution in [0.4, 0.5) is 0 Å². The Kier molecular flexibility index (Phi) is 44.4. The monoisotopic (exact) mass is 472 g/mol. The molecular weight excluding hydrogens is 439 g/mol. The fourth-order valence-electron chi connectivity index (χ4n) is 0.441. The van der Waals surface area contributed by atoms with E-state index >= 15 is 0 Å². The van der Waals surface area contributed by atoms with Crippen molar-refractivity contribution in [1.82, 2.24) is 0 Å². The molecule has 0 saturated carbocycles. The predicted octanol–water partition coefficient (Wildman–Crippen LogP) is 3.83. The Hall–Kier alpha value is -0.561. The first kappa shape index (κ1) is 35.5. The molecule has 0 saturated heterocycles. The van der Waals surface area contributed by atoms with Gasteiger partial charge in [0.05, 0.1) is 0 Å². The van der Waals surface area contributed by atoms with Crippen LogP contribution >= 0.6 is 0 Å². The Balaban J connectivity index is -0.0000000702. The molecule has 0 aliphatic carbocycles. The summed E-state index contributed by atoms with van der Waals surface area (Å²) in [6.07, 6.45) is 0. The maximum atomic E-state index is 7.68. The van der Waals surface area contributed by atoms with Gasteiger partial charge < -0.3 is 0 Å². The Morgan fingerprint density at radius 1 is 0.520 bits per heavy atom. The second kappa shape index (κ2) is 31.2. The second-order valence-electron chi connectivity index (χ2n) is 4.92. The number of hydrogen-bond donors (Lipinski definition) is 4. The zero-order chi connectivity index (χ0) is 20.0. The summed E-state index contributed by atoms with van der Waals surface area (Å²) in [7, 11) is 0. The van der Waals surface area contributed by atoms with Gasteiger partial charge in [0.1, 0.15) is 26.4 Å². The topological polar surface area (TPSA) is 118 Å². The number of hydrogen-bond acceptors (Lipinski definition) is 8. The van der Waals surface area contributed by atoms with E-state index in [1.54, 1.807) is 27.7 Å². The van der Waals surface area contributed by atoms with Crippen LogP contribution in [0.2, 0.25) is 0 Å². The van der Waals surface area contributed by atoms with E-state index in [1.807, 2.05) is 0 Å². The molecule has 148 valence electrons. The second-order valence-corrected chi connectivity index (χ2v) is 4.92. The zero-order valence-corrected chi connectivity index (χ0v) is 18.4. The molecule has 4 radical (unpaired) electrons. The Bertz CT molecular complexity index is 268. The van der Waals surface area contributed by atoms with Gasteiger partial charge in [-0.3, -0.25) is 21.0 Å². The van der Waals surface area contributed by atoms with Crippen molar-refractivity contribution < 1.29 is 40.6 Å². The van der Waals surface area contributed by atoms with Crippen LogP contribution in [-0.2, 0) is 19.6 Å². The molecule has 0 amide bonds. The van der Waals surface area contributed by atoms with Crippen molar-refractivity contribution in [1.29, 1.82) is 0 Å². The molecule has 0 aromatic rings. The van der Waals surface area contributed by atoms with Crippen LogP contribution in [0, 0.1) is 0 Å². The Labute approximate surface area is 167 Å². The van der Waals surface area contributed by atoms with Gasteiger partial charge in [-0.25, -0.2) is 19.6 Å². The zero-order valence-electron chi connectivity index (χ0n) is 15.6.